The third-order valence-electron chi connectivity index (χ3n) is 3.75. The molecule has 158 valence electrons. The maximum absolute atomic E-state index is 12.5. The van der Waals surface area contributed by atoms with Crippen LogP contribution in [-0.2, 0) is 24.4 Å². The molecule has 0 heterocycles. The number of carbonyl (C=O) groups excluding carboxylic acids is 1. The van der Waals surface area contributed by atoms with Crippen LogP contribution in [0.4, 0.5) is 18.0 Å². The summed E-state index contributed by atoms with van der Waals surface area (Å²) in [4.78, 5) is 12.0. The minimum absolute atomic E-state index is 0.0997. The molecule has 0 atom stereocenters. The van der Waals surface area contributed by atoms with Gasteiger partial charge in [0.2, 0.25) is 0 Å². The van der Waals surface area contributed by atoms with Crippen LogP contribution in [0.15, 0.2) is 48.5 Å². The maximum atomic E-state index is 12.5. The van der Waals surface area contributed by atoms with E-state index in [1.54, 1.807) is 6.07 Å². The van der Waals surface area contributed by atoms with Crippen LogP contribution < -0.4 is 15.4 Å². The van der Waals surface area contributed by atoms with Gasteiger partial charge in [-0.2, -0.15) is 0 Å². The van der Waals surface area contributed by atoms with Crippen LogP contribution in [0.5, 0.6) is 5.75 Å². The van der Waals surface area contributed by atoms with Crippen molar-refractivity contribution in [2.24, 2.45) is 0 Å². The number of nitrogens with one attached hydrogen (secondary N) is 2. The number of urea groups is 1. The molecule has 0 unspecified atom stereocenters. The zero-order valence-corrected chi connectivity index (χ0v) is 16.6. The number of rotatable bonds is 7. The fourth-order valence-corrected chi connectivity index (χ4v) is 2.42. The molecule has 0 radical (unpaired) electrons. The normalized spacial score (nSPS) is 11.8. The van der Waals surface area contributed by atoms with Gasteiger partial charge in [-0.1, -0.05) is 42.5 Å². The van der Waals surface area contributed by atoms with Crippen molar-refractivity contribution in [3.63, 3.8) is 0 Å². The van der Waals surface area contributed by atoms with E-state index in [1.807, 2.05) is 45.0 Å². The number of hydrogen-bond donors (Lipinski definition) is 2. The summed E-state index contributed by atoms with van der Waals surface area (Å²) in [6, 6.07) is 12.8. The van der Waals surface area contributed by atoms with Crippen LogP contribution in [0.3, 0.4) is 0 Å². The third kappa shape index (κ3) is 8.87. The molecule has 0 spiro atoms. The first-order chi connectivity index (χ1) is 13.5. The standard InChI is InChI=1S/C21H25F3N2O3/c1-20(2,3)28-14-16-8-6-7-15(11-16)12-25-19(27)26-13-17-9-4-5-10-18(17)29-21(22,23)24/h4-11H,12-14H2,1-3H3,(H2,25,26,27). The number of hydrogen-bond acceptors (Lipinski definition) is 3. The quantitative estimate of drug-likeness (QED) is 0.683. The van der Waals surface area contributed by atoms with Crippen molar-refractivity contribution in [3.05, 3.63) is 65.2 Å². The first kappa shape index (κ1) is 22.5. The first-order valence-electron chi connectivity index (χ1n) is 9.09. The molecule has 8 heteroatoms. The van der Waals surface area contributed by atoms with Gasteiger partial charge >= 0.3 is 12.4 Å². The lowest BCUT2D eigenvalue weighted by Crippen LogP contribution is -2.34. The monoisotopic (exact) mass is 410 g/mol. The van der Waals surface area contributed by atoms with Crippen molar-refractivity contribution in [3.8, 4) is 5.75 Å². The Morgan fingerprint density at radius 2 is 1.59 bits per heavy atom. The SMILES string of the molecule is CC(C)(C)OCc1cccc(CNC(=O)NCc2ccccc2OC(F)(F)F)c1. The first-order valence-corrected chi connectivity index (χ1v) is 9.09. The predicted molar refractivity (Wildman–Crippen MR) is 103 cm³/mol. The molecule has 0 aromatic heterocycles. The highest BCUT2D eigenvalue weighted by Gasteiger charge is 2.31. The number of amides is 2. The average Bonchev–Trinajstić information content (AvgIpc) is 2.62. The number of halogens is 3. The van der Waals surface area contributed by atoms with Crippen LogP contribution >= 0.6 is 0 Å². The second kappa shape index (κ2) is 9.65. The van der Waals surface area contributed by atoms with Gasteiger partial charge in [-0.25, -0.2) is 4.79 Å². The summed E-state index contributed by atoms with van der Waals surface area (Å²) >= 11 is 0. The van der Waals surface area contributed by atoms with Gasteiger partial charge in [-0.15, -0.1) is 13.2 Å². The van der Waals surface area contributed by atoms with Crippen molar-refractivity contribution < 1.29 is 27.4 Å². The lowest BCUT2D eigenvalue weighted by molar-refractivity contribution is -0.274. The molecule has 0 aliphatic heterocycles. The Labute approximate surface area is 168 Å². The second-order valence-corrected chi connectivity index (χ2v) is 7.41. The van der Waals surface area contributed by atoms with Gasteiger partial charge in [0, 0.05) is 18.7 Å². The average molecular weight is 410 g/mol. The molecule has 0 aliphatic rings. The molecule has 2 amide bonds. The van der Waals surface area contributed by atoms with Gasteiger partial charge < -0.3 is 20.1 Å². The van der Waals surface area contributed by atoms with Crippen LogP contribution in [0.25, 0.3) is 0 Å². The van der Waals surface area contributed by atoms with E-state index in [2.05, 4.69) is 15.4 Å². The van der Waals surface area contributed by atoms with E-state index in [9.17, 15) is 18.0 Å². The Bertz CT molecular complexity index is 817. The number of para-hydroxylation sites is 1. The van der Waals surface area contributed by atoms with Crippen LogP contribution in [-0.4, -0.2) is 18.0 Å². The molecular formula is C21H25F3N2O3. The number of ether oxygens (including phenoxy) is 2. The minimum Gasteiger partial charge on any atom is -0.405 e. The molecule has 0 aliphatic carbocycles. The Kier molecular flexibility index (Phi) is 7.50. The molecule has 2 aromatic carbocycles. The van der Waals surface area contributed by atoms with Gasteiger partial charge in [0.15, 0.2) is 0 Å². The fourth-order valence-electron chi connectivity index (χ4n) is 2.42. The molecule has 29 heavy (non-hydrogen) atoms. The van der Waals surface area contributed by atoms with Gasteiger partial charge in [0.1, 0.15) is 5.75 Å². The number of carbonyl (C=O) groups is 1. The van der Waals surface area contributed by atoms with E-state index >= 15 is 0 Å². The van der Waals surface area contributed by atoms with E-state index in [1.165, 1.54) is 18.2 Å². The predicted octanol–water partition coefficient (Wildman–Crippen LogP) is 4.90. The van der Waals surface area contributed by atoms with Gasteiger partial charge in [0.25, 0.3) is 0 Å². The second-order valence-electron chi connectivity index (χ2n) is 7.41. The highest BCUT2D eigenvalue weighted by Crippen LogP contribution is 2.26. The van der Waals surface area contributed by atoms with E-state index in [0.29, 0.717) is 6.61 Å². The minimum atomic E-state index is -4.79. The van der Waals surface area contributed by atoms with E-state index < -0.39 is 12.4 Å². The zero-order valence-electron chi connectivity index (χ0n) is 16.6. The molecule has 0 fully saturated rings. The molecule has 5 nitrogen and oxygen atoms in total. The highest BCUT2D eigenvalue weighted by molar-refractivity contribution is 5.73. The molecular weight excluding hydrogens is 385 g/mol. The van der Waals surface area contributed by atoms with Crippen molar-refractivity contribution in [2.75, 3.05) is 0 Å². The van der Waals surface area contributed by atoms with Gasteiger partial charge in [0.05, 0.1) is 12.2 Å². The largest absolute Gasteiger partial charge is 0.573 e. The number of benzene rings is 2. The summed E-state index contributed by atoms with van der Waals surface area (Å²) in [5.74, 6) is -0.341. The summed E-state index contributed by atoms with van der Waals surface area (Å²) in [6.07, 6.45) is -4.79. The lowest BCUT2D eigenvalue weighted by Gasteiger charge is -2.19. The topological polar surface area (TPSA) is 59.6 Å². The summed E-state index contributed by atoms with van der Waals surface area (Å²) in [6.45, 7) is 6.55. The molecule has 0 bridgehead atoms. The highest BCUT2D eigenvalue weighted by atomic mass is 19.4. The lowest BCUT2D eigenvalue weighted by atomic mass is 10.1. The van der Waals surface area contributed by atoms with Crippen molar-refractivity contribution in [1.29, 1.82) is 0 Å². The zero-order chi connectivity index (χ0) is 21.5. The molecule has 0 saturated heterocycles. The van der Waals surface area contributed by atoms with Crippen LogP contribution in [0.2, 0.25) is 0 Å². The van der Waals surface area contributed by atoms with Crippen molar-refractivity contribution in [2.45, 2.75) is 52.4 Å². The Balaban J connectivity index is 1.85. The summed E-state index contributed by atoms with van der Waals surface area (Å²) < 4.78 is 47.1. The summed E-state index contributed by atoms with van der Waals surface area (Å²) in [7, 11) is 0. The van der Waals surface area contributed by atoms with Gasteiger partial charge in [-0.3, -0.25) is 0 Å². The smallest absolute Gasteiger partial charge is 0.405 e. The number of alkyl halides is 3. The molecule has 0 saturated carbocycles. The Morgan fingerprint density at radius 1 is 0.931 bits per heavy atom. The van der Waals surface area contributed by atoms with Crippen molar-refractivity contribution >= 4 is 6.03 Å². The van der Waals surface area contributed by atoms with Crippen LogP contribution in [0, 0.1) is 0 Å². The fraction of sp³-hybridized carbons (Fsp3) is 0.381. The summed E-state index contributed by atoms with van der Waals surface area (Å²) in [5, 5.41) is 5.22. The van der Waals surface area contributed by atoms with E-state index in [0.717, 1.165) is 11.1 Å². The van der Waals surface area contributed by atoms with Gasteiger partial charge in [-0.05, 0) is 38.0 Å². The maximum Gasteiger partial charge on any atom is 0.573 e. The van der Waals surface area contributed by atoms with E-state index in [-0.39, 0.29) is 30.0 Å². The Morgan fingerprint density at radius 3 is 2.28 bits per heavy atom. The molecule has 2 N–H and O–H groups in total. The van der Waals surface area contributed by atoms with E-state index in [4.69, 9.17) is 4.74 Å². The third-order valence-corrected chi connectivity index (χ3v) is 3.75. The summed E-state index contributed by atoms with van der Waals surface area (Å²) in [5.41, 5.74) is 1.84. The Hall–Kier alpha value is -2.74. The van der Waals surface area contributed by atoms with Crippen molar-refractivity contribution in [1.82, 2.24) is 10.6 Å². The molecule has 2 aromatic rings. The molecule has 2 rings (SSSR count). The van der Waals surface area contributed by atoms with Crippen LogP contribution in [0.1, 0.15) is 37.5 Å².